The maximum Gasteiger partial charge on any atom is 0.258 e. The first-order valence-corrected chi connectivity index (χ1v) is 7.93. The van der Waals surface area contributed by atoms with Gasteiger partial charge in [0.05, 0.1) is 25.4 Å². The standard InChI is InChI=1S/C17H23NO4/c1-12-3-2-4-14(9-12)22-11-17(19)18-13-5-6-15-16(10-13)21-8-7-20-15/h2-4,9,13,15-16H,5-8,10-11H2,1H3,(H,18,19). The number of fused-ring (bicyclic) bond motifs is 1. The van der Waals surface area contributed by atoms with Crippen LogP contribution in [0, 0.1) is 6.92 Å². The van der Waals surface area contributed by atoms with E-state index in [4.69, 9.17) is 14.2 Å². The number of carbonyl (C=O) groups is 1. The van der Waals surface area contributed by atoms with Crippen LogP contribution in [0.3, 0.4) is 0 Å². The first-order valence-electron chi connectivity index (χ1n) is 7.93. The summed E-state index contributed by atoms with van der Waals surface area (Å²) in [6, 6.07) is 7.85. The number of benzene rings is 1. The van der Waals surface area contributed by atoms with Crippen LogP contribution in [-0.2, 0) is 14.3 Å². The summed E-state index contributed by atoms with van der Waals surface area (Å²) in [6.45, 7) is 3.38. The summed E-state index contributed by atoms with van der Waals surface area (Å²) < 4.78 is 16.9. The molecule has 0 bridgehead atoms. The van der Waals surface area contributed by atoms with Crippen LogP contribution < -0.4 is 10.1 Å². The lowest BCUT2D eigenvalue weighted by Gasteiger charge is -2.39. The molecular formula is C17H23NO4. The van der Waals surface area contributed by atoms with Crippen LogP contribution >= 0.6 is 0 Å². The smallest absolute Gasteiger partial charge is 0.258 e. The molecule has 2 aliphatic rings. The molecular weight excluding hydrogens is 282 g/mol. The van der Waals surface area contributed by atoms with Crippen LogP contribution in [-0.4, -0.2) is 44.0 Å². The number of hydrogen-bond donors (Lipinski definition) is 1. The predicted molar refractivity (Wildman–Crippen MR) is 81.9 cm³/mol. The number of rotatable bonds is 4. The lowest BCUT2D eigenvalue weighted by atomic mass is 9.89. The van der Waals surface area contributed by atoms with Crippen molar-refractivity contribution in [1.29, 1.82) is 0 Å². The molecule has 1 aromatic carbocycles. The van der Waals surface area contributed by atoms with E-state index in [1.54, 1.807) is 0 Å². The fourth-order valence-electron chi connectivity index (χ4n) is 3.12. The van der Waals surface area contributed by atoms with Gasteiger partial charge >= 0.3 is 0 Å². The lowest BCUT2D eigenvalue weighted by molar-refractivity contribution is -0.158. The van der Waals surface area contributed by atoms with Crippen molar-refractivity contribution in [1.82, 2.24) is 5.32 Å². The van der Waals surface area contributed by atoms with Gasteiger partial charge in [-0.1, -0.05) is 12.1 Å². The summed E-state index contributed by atoms with van der Waals surface area (Å²) in [4.78, 5) is 12.0. The van der Waals surface area contributed by atoms with Gasteiger partial charge < -0.3 is 19.5 Å². The summed E-state index contributed by atoms with van der Waals surface area (Å²) in [5.74, 6) is 0.643. The van der Waals surface area contributed by atoms with Crippen molar-refractivity contribution in [3.63, 3.8) is 0 Å². The Kier molecular flexibility index (Phi) is 4.95. The van der Waals surface area contributed by atoms with Crippen molar-refractivity contribution in [3.8, 4) is 5.75 Å². The fraction of sp³-hybridized carbons (Fsp3) is 0.588. The molecule has 1 heterocycles. The average molecular weight is 305 g/mol. The number of hydrogen-bond acceptors (Lipinski definition) is 4. The molecule has 1 N–H and O–H groups in total. The summed E-state index contributed by atoms with van der Waals surface area (Å²) in [7, 11) is 0. The van der Waals surface area contributed by atoms with Gasteiger partial charge in [0.25, 0.3) is 5.91 Å². The molecule has 5 heteroatoms. The zero-order valence-corrected chi connectivity index (χ0v) is 12.9. The zero-order chi connectivity index (χ0) is 15.4. The van der Waals surface area contributed by atoms with E-state index in [0.717, 1.165) is 30.6 Å². The molecule has 3 rings (SSSR count). The highest BCUT2D eigenvalue weighted by Gasteiger charge is 2.34. The van der Waals surface area contributed by atoms with Crippen LogP contribution in [0.2, 0.25) is 0 Å². The Morgan fingerprint density at radius 1 is 1.27 bits per heavy atom. The summed E-state index contributed by atoms with van der Waals surface area (Å²) in [5, 5.41) is 3.04. The van der Waals surface area contributed by atoms with Crippen molar-refractivity contribution in [2.75, 3.05) is 19.8 Å². The fourth-order valence-corrected chi connectivity index (χ4v) is 3.12. The molecule has 0 aromatic heterocycles. The van der Waals surface area contributed by atoms with Gasteiger partial charge in [0.2, 0.25) is 0 Å². The van der Waals surface area contributed by atoms with Gasteiger partial charge in [-0.3, -0.25) is 4.79 Å². The van der Waals surface area contributed by atoms with E-state index >= 15 is 0 Å². The summed E-state index contributed by atoms with van der Waals surface area (Å²) in [5.41, 5.74) is 1.12. The SMILES string of the molecule is Cc1cccc(OCC(=O)NC2CCC3OCCOC3C2)c1. The molecule has 0 radical (unpaired) electrons. The molecule has 1 saturated heterocycles. The third-order valence-electron chi connectivity index (χ3n) is 4.20. The normalized spacial score (nSPS) is 27.8. The second-order valence-corrected chi connectivity index (χ2v) is 6.00. The number of amides is 1. The minimum Gasteiger partial charge on any atom is -0.484 e. The molecule has 0 spiro atoms. The van der Waals surface area contributed by atoms with Crippen molar-refractivity contribution >= 4 is 5.91 Å². The third-order valence-corrected chi connectivity index (χ3v) is 4.20. The van der Waals surface area contributed by atoms with E-state index in [9.17, 15) is 4.79 Å². The first-order chi connectivity index (χ1) is 10.7. The molecule has 1 aliphatic carbocycles. The molecule has 120 valence electrons. The summed E-state index contributed by atoms with van der Waals surface area (Å²) >= 11 is 0. The minimum absolute atomic E-state index is 0.0470. The lowest BCUT2D eigenvalue weighted by Crippen LogP contribution is -2.50. The van der Waals surface area contributed by atoms with E-state index in [1.807, 2.05) is 31.2 Å². The van der Waals surface area contributed by atoms with Crippen molar-refractivity contribution < 1.29 is 19.0 Å². The summed E-state index contributed by atoms with van der Waals surface area (Å²) in [6.07, 6.45) is 3.01. The number of nitrogens with one attached hydrogen (secondary N) is 1. The Balaban J connectivity index is 1.44. The van der Waals surface area contributed by atoms with Gasteiger partial charge in [-0.2, -0.15) is 0 Å². The second-order valence-electron chi connectivity index (χ2n) is 6.00. The van der Waals surface area contributed by atoms with E-state index in [1.165, 1.54) is 0 Å². The molecule has 3 atom stereocenters. The Morgan fingerprint density at radius 3 is 2.91 bits per heavy atom. The highest BCUT2D eigenvalue weighted by atomic mass is 16.6. The molecule has 1 saturated carbocycles. The molecule has 2 fully saturated rings. The average Bonchev–Trinajstić information content (AvgIpc) is 2.53. The topological polar surface area (TPSA) is 56.8 Å². The highest BCUT2D eigenvalue weighted by molar-refractivity contribution is 5.77. The molecule has 22 heavy (non-hydrogen) atoms. The molecule has 1 aromatic rings. The van der Waals surface area contributed by atoms with Crippen LogP contribution in [0.1, 0.15) is 24.8 Å². The number of carbonyl (C=O) groups excluding carboxylic acids is 1. The largest absolute Gasteiger partial charge is 0.484 e. The number of ether oxygens (including phenoxy) is 3. The maximum absolute atomic E-state index is 12.0. The quantitative estimate of drug-likeness (QED) is 0.922. The van der Waals surface area contributed by atoms with Crippen molar-refractivity contribution in [3.05, 3.63) is 29.8 Å². The first kappa shape index (κ1) is 15.3. The predicted octanol–water partition coefficient (Wildman–Crippen LogP) is 1.83. The van der Waals surface area contributed by atoms with Crippen LogP contribution in [0.5, 0.6) is 5.75 Å². The van der Waals surface area contributed by atoms with E-state index in [0.29, 0.717) is 13.2 Å². The van der Waals surface area contributed by atoms with Crippen LogP contribution in [0.25, 0.3) is 0 Å². The van der Waals surface area contributed by atoms with E-state index in [2.05, 4.69) is 5.32 Å². The molecule has 5 nitrogen and oxygen atoms in total. The van der Waals surface area contributed by atoms with Crippen molar-refractivity contribution in [2.45, 2.75) is 44.4 Å². The third kappa shape index (κ3) is 3.99. The molecule has 3 unspecified atom stereocenters. The highest BCUT2D eigenvalue weighted by Crippen LogP contribution is 2.26. The molecule has 1 aliphatic heterocycles. The van der Waals surface area contributed by atoms with Gasteiger partial charge in [0.15, 0.2) is 6.61 Å². The van der Waals surface area contributed by atoms with Crippen molar-refractivity contribution in [2.24, 2.45) is 0 Å². The maximum atomic E-state index is 12.0. The van der Waals surface area contributed by atoms with E-state index in [-0.39, 0.29) is 30.8 Å². The number of aryl methyl sites for hydroxylation is 1. The van der Waals surface area contributed by atoms with Gasteiger partial charge in [0.1, 0.15) is 5.75 Å². The van der Waals surface area contributed by atoms with Crippen LogP contribution in [0.4, 0.5) is 0 Å². The van der Waals surface area contributed by atoms with Gasteiger partial charge in [-0.05, 0) is 43.9 Å². The Labute approximate surface area is 130 Å². The second kappa shape index (κ2) is 7.11. The Hall–Kier alpha value is -1.59. The van der Waals surface area contributed by atoms with Gasteiger partial charge in [0, 0.05) is 6.04 Å². The van der Waals surface area contributed by atoms with Gasteiger partial charge in [-0.25, -0.2) is 0 Å². The molecule has 1 amide bonds. The Morgan fingerprint density at radius 2 is 2.09 bits per heavy atom. The van der Waals surface area contributed by atoms with E-state index < -0.39 is 0 Å². The Bertz CT molecular complexity index is 519. The van der Waals surface area contributed by atoms with Crippen LogP contribution in [0.15, 0.2) is 24.3 Å². The van der Waals surface area contributed by atoms with Gasteiger partial charge in [-0.15, -0.1) is 0 Å². The monoisotopic (exact) mass is 305 g/mol. The minimum atomic E-state index is -0.0818. The zero-order valence-electron chi connectivity index (χ0n) is 12.9.